The van der Waals surface area contributed by atoms with Crippen LogP contribution in [0.2, 0.25) is 0 Å². The molecule has 0 bridgehead atoms. The van der Waals surface area contributed by atoms with Gasteiger partial charge in [-0.05, 0) is 60.5 Å². The largest absolute Gasteiger partial charge is 0.573 e. The van der Waals surface area contributed by atoms with Gasteiger partial charge in [0.15, 0.2) is 5.82 Å². The van der Waals surface area contributed by atoms with E-state index in [9.17, 15) is 13.2 Å². The minimum atomic E-state index is -4.72. The average Bonchev–Trinajstić information content (AvgIpc) is 3.04. The summed E-state index contributed by atoms with van der Waals surface area (Å²) in [7, 11) is 0. The molecule has 26 heavy (non-hydrogen) atoms. The number of ether oxygens (including phenoxy) is 1. The Morgan fingerprint density at radius 1 is 1.15 bits per heavy atom. The van der Waals surface area contributed by atoms with Crippen molar-refractivity contribution < 1.29 is 17.9 Å². The van der Waals surface area contributed by atoms with E-state index in [2.05, 4.69) is 37.3 Å². The zero-order valence-electron chi connectivity index (χ0n) is 13.6. The third kappa shape index (κ3) is 4.13. The summed E-state index contributed by atoms with van der Waals surface area (Å²) in [6, 6.07) is 11.1. The molecule has 0 fully saturated rings. The fourth-order valence-electron chi connectivity index (χ4n) is 2.31. The van der Waals surface area contributed by atoms with Gasteiger partial charge >= 0.3 is 6.36 Å². The molecule has 0 radical (unpaired) electrons. The van der Waals surface area contributed by atoms with Gasteiger partial charge in [0, 0.05) is 10.0 Å². The first-order valence-electron chi connectivity index (χ1n) is 7.46. The van der Waals surface area contributed by atoms with E-state index in [4.69, 9.17) is 0 Å². The lowest BCUT2D eigenvalue weighted by atomic mass is 10.1. The molecule has 1 aromatic heterocycles. The molecule has 0 aliphatic carbocycles. The zero-order valence-corrected chi connectivity index (χ0v) is 15.2. The fourth-order valence-corrected chi connectivity index (χ4v) is 2.90. The Labute approximate surface area is 156 Å². The van der Waals surface area contributed by atoms with Crippen LogP contribution in [0.3, 0.4) is 0 Å². The Bertz CT molecular complexity index is 949. The van der Waals surface area contributed by atoms with E-state index < -0.39 is 6.36 Å². The number of halogens is 4. The van der Waals surface area contributed by atoms with Gasteiger partial charge in [-0.25, -0.2) is 9.67 Å². The monoisotopic (exact) mass is 423 g/mol. The Balaban J connectivity index is 1.86. The van der Waals surface area contributed by atoms with Crippen molar-refractivity contribution in [3.63, 3.8) is 0 Å². The van der Waals surface area contributed by atoms with Crippen LogP contribution in [0.4, 0.5) is 13.2 Å². The van der Waals surface area contributed by atoms with Crippen molar-refractivity contribution in [1.29, 1.82) is 0 Å². The zero-order chi connectivity index (χ0) is 18.9. The molecular formula is C18H13BrF3N3O. The summed E-state index contributed by atoms with van der Waals surface area (Å²) in [5, 5.41) is 4.38. The fraction of sp³-hybridized carbons (Fsp3) is 0.111. The number of aromatic nitrogens is 3. The molecule has 0 amide bonds. The van der Waals surface area contributed by atoms with E-state index >= 15 is 0 Å². The highest BCUT2D eigenvalue weighted by molar-refractivity contribution is 9.10. The molecular weight excluding hydrogens is 411 g/mol. The summed E-state index contributed by atoms with van der Waals surface area (Å²) in [5.41, 5.74) is 3.23. The predicted octanol–water partition coefficient (Wildman–Crippen LogP) is 5.63. The van der Waals surface area contributed by atoms with Gasteiger partial charge in [0.2, 0.25) is 0 Å². The lowest BCUT2D eigenvalue weighted by Gasteiger charge is -2.09. The smallest absolute Gasteiger partial charge is 0.406 e. The van der Waals surface area contributed by atoms with Gasteiger partial charge in [-0.1, -0.05) is 22.5 Å². The Hall–Kier alpha value is -2.61. The van der Waals surface area contributed by atoms with Crippen LogP contribution in [0, 0.1) is 0 Å². The second kappa shape index (κ2) is 6.95. The highest BCUT2D eigenvalue weighted by atomic mass is 79.9. The summed E-state index contributed by atoms with van der Waals surface area (Å²) in [6.45, 7) is 5.84. The number of hydrogen-bond donors (Lipinski definition) is 0. The van der Waals surface area contributed by atoms with Crippen LogP contribution in [-0.4, -0.2) is 21.1 Å². The molecule has 0 spiro atoms. The molecule has 0 N–H and O–H groups in total. The lowest BCUT2D eigenvalue weighted by molar-refractivity contribution is -0.274. The van der Waals surface area contributed by atoms with Crippen LogP contribution < -0.4 is 4.74 Å². The first kappa shape index (κ1) is 18.2. The molecule has 3 aromatic rings. The Morgan fingerprint density at radius 3 is 2.46 bits per heavy atom. The van der Waals surface area contributed by atoms with Crippen LogP contribution in [0.15, 0.2) is 59.8 Å². The second-order valence-electron chi connectivity index (χ2n) is 5.53. The molecule has 0 aliphatic rings. The minimum absolute atomic E-state index is 0.291. The maximum Gasteiger partial charge on any atom is 0.573 e. The van der Waals surface area contributed by atoms with Crippen molar-refractivity contribution in [2.24, 2.45) is 0 Å². The normalized spacial score (nSPS) is 11.4. The van der Waals surface area contributed by atoms with Gasteiger partial charge < -0.3 is 4.74 Å². The number of allylic oxidation sites excluding steroid dienone is 1. The van der Waals surface area contributed by atoms with Crippen molar-refractivity contribution in [3.8, 4) is 22.8 Å². The van der Waals surface area contributed by atoms with E-state index in [1.54, 1.807) is 0 Å². The maximum atomic E-state index is 12.2. The first-order valence-corrected chi connectivity index (χ1v) is 8.26. The molecule has 0 saturated heterocycles. The Kier molecular flexibility index (Phi) is 4.86. The highest BCUT2D eigenvalue weighted by Gasteiger charge is 2.31. The molecule has 2 aromatic carbocycles. The first-order chi connectivity index (χ1) is 12.2. The van der Waals surface area contributed by atoms with Crippen LogP contribution in [-0.2, 0) is 0 Å². The lowest BCUT2D eigenvalue weighted by Crippen LogP contribution is -2.17. The number of rotatable bonds is 4. The SMILES string of the molecule is C=C(C)c1cc(-c2ncn(-c3ccc(OC(F)(F)F)cc3)n2)ccc1Br. The van der Waals surface area contributed by atoms with Gasteiger partial charge in [-0.15, -0.1) is 18.3 Å². The highest BCUT2D eigenvalue weighted by Crippen LogP contribution is 2.28. The maximum absolute atomic E-state index is 12.2. The number of nitrogens with zero attached hydrogens (tertiary/aromatic N) is 3. The number of hydrogen-bond acceptors (Lipinski definition) is 3. The summed E-state index contributed by atoms with van der Waals surface area (Å²) < 4.78 is 42.9. The number of benzene rings is 2. The van der Waals surface area contributed by atoms with Crippen LogP contribution in [0.5, 0.6) is 5.75 Å². The molecule has 8 heteroatoms. The molecule has 0 atom stereocenters. The number of alkyl halides is 3. The van der Waals surface area contributed by atoms with Gasteiger partial charge in [-0.2, -0.15) is 0 Å². The summed E-state index contributed by atoms with van der Waals surface area (Å²) in [6.07, 6.45) is -3.22. The van der Waals surface area contributed by atoms with Crippen LogP contribution >= 0.6 is 15.9 Å². The molecule has 1 heterocycles. The summed E-state index contributed by atoms with van der Waals surface area (Å²) >= 11 is 3.47. The van der Waals surface area contributed by atoms with Crippen LogP contribution in [0.25, 0.3) is 22.6 Å². The molecule has 0 saturated carbocycles. The van der Waals surface area contributed by atoms with Crippen molar-refractivity contribution in [3.05, 3.63) is 65.4 Å². The van der Waals surface area contributed by atoms with Crippen molar-refractivity contribution in [1.82, 2.24) is 14.8 Å². The molecule has 4 nitrogen and oxygen atoms in total. The van der Waals surface area contributed by atoms with Gasteiger partial charge in [-0.3, -0.25) is 0 Å². The third-order valence-electron chi connectivity index (χ3n) is 3.51. The molecule has 134 valence electrons. The van der Waals surface area contributed by atoms with Gasteiger partial charge in [0.1, 0.15) is 12.1 Å². The van der Waals surface area contributed by atoms with E-state index in [1.165, 1.54) is 35.3 Å². The van der Waals surface area contributed by atoms with E-state index in [-0.39, 0.29) is 5.75 Å². The topological polar surface area (TPSA) is 39.9 Å². The standard InChI is InChI=1S/C18H13BrF3N3O/c1-11(2)15-9-12(3-8-16(15)19)17-23-10-25(24-17)13-4-6-14(7-5-13)26-18(20,21)22/h3-10H,1H2,2H3. The average molecular weight is 424 g/mol. The van der Waals surface area contributed by atoms with E-state index in [0.717, 1.165) is 21.2 Å². The van der Waals surface area contributed by atoms with E-state index in [0.29, 0.717) is 11.5 Å². The second-order valence-corrected chi connectivity index (χ2v) is 6.38. The third-order valence-corrected chi connectivity index (χ3v) is 4.20. The Morgan fingerprint density at radius 2 is 1.85 bits per heavy atom. The summed E-state index contributed by atoms with van der Waals surface area (Å²) in [5.74, 6) is 0.205. The van der Waals surface area contributed by atoms with Crippen molar-refractivity contribution in [2.45, 2.75) is 13.3 Å². The van der Waals surface area contributed by atoms with Crippen molar-refractivity contribution in [2.75, 3.05) is 0 Å². The summed E-state index contributed by atoms with van der Waals surface area (Å²) in [4.78, 5) is 4.27. The molecule has 0 unspecified atom stereocenters. The molecule has 3 rings (SSSR count). The minimum Gasteiger partial charge on any atom is -0.406 e. The van der Waals surface area contributed by atoms with Crippen LogP contribution in [0.1, 0.15) is 12.5 Å². The molecule has 0 aliphatic heterocycles. The van der Waals surface area contributed by atoms with E-state index in [1.807, 2.05) is 25.1 Å². The van der Waals surface area contributed by atoms with Crippen molar-refractivity contribution >= 4 is 21.5 Å². The quantitative estimate of drug-likeness (QED) is 0.545. The van der Waals surface area contributed by atoms with Gasteiger partial charge in [0.25, 0.3) is 0 Å². The van der Waals surface area contributed by atoms with Gasteiger partial charge in [0.05, 0.1) is 5.69 Å². The predicted molar refractivity (Wildman–Crippen MR) is 95.9 cm³/mol.